The van der Waals surface area contributed by atoms with Crippen LogP contribution in [0, 0.1) is 5.92 Å². The SMILES string of the molecule is CNC(Cc1ccco1)C1CCC1. The van der Waals surface area contributed by atoms with Gasteiger partial charge in [0.05, 0.1) is 6.26 Å². The normalized spacial score (nSPS) is 19.8. The van der Waals surface area contributed by atoms with Crippen molar-refractivity contribution in [2.24, 2.45) is 5.92 Å². The molecule has 1 atom stereocenters. The van der Waals surface area contributed by atoms with Gasteiger partial charge in [0.25, 0.3) is 0 Å². The van der Waals surface area contributed by atoms with E-state index in [1.807, 2.05) is 13.1 Å². The van der Waals surface area contributed by atoms with Gasteiger partial charge in [-0.05, 0) is 37.9 Å². The van der Waals surface area contributed by atoms with E-state index >= 15 is 0 Å². The number of rotatable bonds is 4. The van der Waals surface area contributed by atoms with Crippen molar-refractivity contribution < 1.29 is 4.42 Å². The molecule has 0 aromatic carbocycles. The molecule has 0 spiro atoms. The second kappa shape index (κ2) is 3.97. The Bertz CT molecular complexity index is 239. The van der Waals surface area contributed by atoms with Crippen LogP contribution in [0.2, 0.25) is 0 Å². The highest BCUT2D eigenvalue weighted by atomic mass is 16.3. The van der Waals surface area contributed by atoms with Crippen LogP contribution in [-0.4, -0.2) is 13.1 Å². The summed E-state index contributed by atoms with van der Waals surface area (Å²) in [6.07, 6.45) is 6.95. The molecule has 0 bridgehead atoms. The Morgan fingerprint density at radius 2 is 2.46 bits per heavy atom. The molecule has 2 nitrogen and oxygen atoms in total. The molecule has 2 heteroatoms. The molecule has 0 amide bonds. The lowest BCUT2D eigenvalue weighted by atomic mass is 9.78. The van der Waals surface area contributed by atoms with Gasteiger partial charge in [0.1, 0.15) is 5.76 Å². The number of hydrogen-bond donors (Lipinski definition) is 1. The molecule has 1 fully saturated rings. The van der Waals surface area contributed by atoms with Crippen LogP contribution < -0.4 is 5.32 Å². The van der Waals surface area contributed by atoms with E-state index in [4.69, 9.17) is 4.42 Å². The van der Waals surface area contributed by atoms with Crippen molar-refractivity contribution in [1.29, 1.82) is 0 Å². The molecule has 1 aliphatic carbocycles. The zero-order chi connectivity index (χ0) is 9.10. The Hall–Kier alpha value is -0.760. The molecule has 13 heavy (non-hydrogen) atoms. The summed E-state index contributed by atoms with van der Waals surface area (Å²) >= 11 is 0. The van der Waals surface area contributed by atoms with Crippen molar-refractivity contribution in [2.75, 3.05) is 7.05 Å². The van der Waals surface area contributed by atoms with Crippen LogP contribution in [0.4, 0.5) is 0 Å². The van der Waals surface area contributed by atoms with Crippen LogP contribution in [0.5, 0.6) is 0 Å². The fourth-order valence-electron chi connectivity index (χ4n) is 1.99. The molecule has 1 aromatic rings. The summed E-state index contributed by atoms with van der Waals surface area (Å²) in [5, 5.41) is 3.38. The predicted octanol–water partition coefficient (Wildman–Crippen LogP) is 2.21. The maximum absolute atomic E-state index is 5.34. The molecular weight excluding hydrogens is 162 g/mol. The van der Waals surface area contributed by atoms with Crippen LogP contribution in [0.3, 0.4) is 0 Å². The summed E-state index contributed by atoms with van der Waals surface area (Å²) in [4.78, 5) is 0. The molecule has 2 rings (SSSR count). The zero-order valence-corrected chi connectivity index (χ0v) is 8.12. The minimum Gasteiger partial charge on any atom is -0.469 e. The van der Waals surface area contributed by atoms with E-state index in [1.54, 1.807) is 6.26 Å². The van der Waals surface area contributed by atoms with Crippen molar-refractivity contribution >= 4 is 0 Å². The molecule has 1 aromatic heterocycles. The lowest BCUT2D eigenvalue weighted by molar-refractivity contribution is 0.229. The second-order valence-electron chi connectivity index (χ2n) is 3.87. The summed E-state index contributed by atoms with van der Waals surface area (Å²) in [5.74, 6) is 1.97. The highest BCUT2D eigenvalue weighted by Crippen LogP contribution is 2.30. The Morgan fingerprint density at radius 1 is 1.62 bits per heavy atom. The molecule has 0 saturated heterocycles. The lowest BCUT2D eigenvalue weighted by Crippen LogP contribution is -2.38. The van der Waals surface area contributed by atoms with Gasteiger partial charge in [0.2, 0.25) is 0 Å². The third kappa shape index (κ3) is 1.94. The molecular formula is C11H17NO. The number of likely N-dealkylation sites (N-methyl/N-ethyl adjacent to an activating group) is 1. The minimum atomic E-state index is 0.611. The predicted molar refractivity (Wildman–Crippen MR) is 52.6 cm³/mol. The van der Waals surface area contributed by atoms with Gasteiger partial charge in [-0.2, -0.15) is 0 Å². The maximum atomic E-state index is 5.34. The van der Waals surface area contributed by atoms with E-state index in [1.165, 1.54) is 19.3 Å². The van der Waals surface area contributed by atoms with E-state index in [9.17, 15) is 0 Å². The van der Waals surface area contributed by atoms with Crippen LogP contribution in [0.25, 0.3) is 0 Å². The third-order valence-corrected chi connectivity index (χ3v) is 3.09. The quantitative estimate of drug-likeness (QED) is 0.766. The summed E-state index contributed by atoms with van der Waals surface area (Å²) < 4.78 is 5.34. The van der Waals surface area contributed by atoms with E-state index in [2.05, 4.69) is 11.4 Å². The van der Waals surface area contributed by atoms with Crippen molar-refractivity contribution in [3.05, 3.63) is 24.2 Å². The molecule has 1 heterocycles. The van der Waals surface area contributed by atoms with Gasteiger partial charge in [-0.15, -0.1) is 0 Å². The molecule has 1 unspecified atom stereocenters. The standard InChI is InChI=1S/C11H17NO/c1-12-11(9-4-2-5-9)8-10-6-3-7-13-10/h3,6-7,9,11-12H,2,4-5,8H2,1H3. The average molecular weight is 179 g/mol. The molecule has 0 aliphatic heterocycles. The Labute approximate surface area is 79.3 Å². The van der Waals surface area contributed by atoms with Gasteiger partial charge >= 0.3 is 0 Å². The minimum absolute atomic E-state index is 0.611. The fourth-order valence-corrected chi connectivity index (χ4v) is 1.99. The molecule has 0 radical (unpaired) electrons. The lowest BCUT2D eigenvalue weighted by Gasteiger charge is -2.33. The van der Waals surface area contributed by atoms with Gasteiger partial charge in [-0.1, -0.05) is 6.42 Å². The Kier molecular flexibility index (Phi) is 2.69. The summed E-state index contributed by atoms with van der Waals surface area (Å²) in [7, 11) is 2.05. The summed E-state index contributed by atoms with van der Waals surface area (Å²) in [6, 6.07) is 4.63. The van der Waals surface area contributed by atoms with Crippen molar-refractivity contribution in [3.63, 3.8) is 0 Å². The van der Waals surface area contributed by atoms with Gasteiger partial charge in [-0.25, -0.2) is 0 Å². The zero-order valence-electron chi connectivity index (χ0n) is 8.12. The first-order valence-corrected chi connectivity index (χ1v) is 5.10. The first-order valence-electron chi connectivity index (χ1n) is 5.10. The molecule has 1 saturated carbocycles. The van der Waals surface area contributed by atoms with Crippen LogP contribution in [-0.2, 0) is 6.42 Å². The van der Waals surface area contributed by atoms with E-state index in [0.29, 0.717) is 6.04 Å². The van der Waals surface area contributed by atoms with Gasteiger partial charge in [0, 0.05) is 12.5 Å². The van der Waals surface area contributed by atoms with Gasteiger partial charge < -0.3 is 9.73 Å². The average Bonchev–Trinajstić information content (AvgIpc) is 2.52. The monoisotopic (exact) mass is 179 g/mol. The van der Waals surface area contributed by atoms with Gasteiger partial charge in [-0.3, -0.25) is 0 Å². The Balaban J connectivity index is 1.90. The van der Waals surface area contributed by atoms with Crippen LogP contribution >= 0.6 is 0 Å². The van der Waals surface area contributed by atoms with Crippen LogP contribution in [0.1, 0.15) is 25.0 Å². The van der Waals surface area contributed by atoms with Gasteiger partial charge in [0.15, 0.2) is 0 Å². The first kappa shape index (κ1) is 8.82. The van der Waals surface area contributed by atoms with Crippen molar-refractivity contribution in [1.82, 2.24) is 5.32 Å². The van der Waals surface area contributed by atoms with E-state index < -0.39 is 0 Å². The smallest absolute Gasteiger partial charge is 0.105 e. The Morgan fingerprint density at radius 3 is 2.92 bits per heavy atom. The summed E-state index contributed by atoms with van der Waals surface area (Å²) in [6.45, 7) is 0. The third-order valence-electron chi connectivity index (χ3n) is 3.09. The first-order chi connectivity index (χ1) is 6.40. The van der Waals surface area contributed by atoms with E-state index in [-0.39, 0.29) is 0 Å². The highest BCUT2D eigenvalue weighted by molar-refractivity contribution is 5.02. The fraction of sp³-hybridized carbons (Fsp3) is 0.636. The largest absolute Gasteiger partial charge is 0.469 e. The summed E-state index contributed by atoms with van der Waals surface area (Å²) in [5.41, 5.74) is 0. The molecule has 72 valence electrons. The van der Waals surface area contributed by atoms with Crippen LogP contribution in [0.15, 0.2) is 22.8 Å². The van der Waals surface area contributed by atoms with Crippen molar-refractivity contribution in [2.45, 2.75) is 31.7 Å². The van der Waals surface area contributed by atoms with E-state index in [0.717, 1.165) is 18.1 Å². The maximum Gasteiger partial charge on any atom is 0.105 e. The number of hydrogen-bond acceptors (Lipinski definition) is 2. The molecule has 1 aliphatic rings. The molecule has 1 N–H and O–H groups in total. The van der Waals surface area contributed by atoms with Crippen molar-refractivity contribution in [3.8, 4) is 0 Å². The second-order valence-corrected chi connectivity index (χ2v) is 3.87. The highest BCUT2D eigenvalue weighted by Gasteiger charge is 2.26. The topological polar surface area (TPSA) is 25.2 Å². The number of nitrogens with one attached hydrogen (secondary N) is 1. The number of furan rings is 1.